The third-order valence-electron chi connectivity index (χ3n) is 3.60. The summed E-state index contributed by atoms with van der Waals surface area (Å²) in [5.74, 6) is 0. The molecule has 0 aliphatic rings. The highest BCUT2D eigenvalue weighted by Crippen LogP contribution is 2.21. The fraction of sp³-hybridized carbons (Fsp3) is 0.267. The molecule has 0 bridgehead atoms. The van der Waals surface area contributed by atoms with Crippen molar-refractivity contribution in [1.29, 1.82) is 0 Å². The summed E-state index contributed by atoms with van der Waals surface area (Å²) in [5.41, 5.74) is 4.55. The molecule has 2 rings (SSSR count). The van der Waals surface area contributed by atoms with Crippen LogP contribution in [0.5, 0.6) is 0 Å². The van der Waals surface area contributed by atoms with Crippen molar-refractivity contribution >= 4 is 10.8 Å². The van der Waals surface area contributed by atoms with Gasteiger partial charge in [-0.25, -0.2) is 0 Å². The summed E-state index contributed by atoms with van der Waals surface area (Å²) in [5, 5.41) is 1.90. The Morgan fingerprint density at radius 3 is 1.81 bits per heavy atom. The Morgan fingerprint density at radius 2 is 1.19 bits per heavy atom. The van der Waals surface area contributed by atoms with E-state index in [4.69, 9.17) is 0 Å². The van der Waals surface area contributed by atoms with Crippen molar-refractivity contribution in [2.45, 2.75) is 27.7 Å². The predicted molar refractivity (Wildman–Crippen MR) is 69.2 cm³/mol. The maximum atomic E-state index is 12.3. The van der Waals surface area contributed by atoms with Crippen molar-refractivity contribution in [3.63, 3.8) is 0 Å². The standard InChI is InChI=1S/C15H16O/c1-9-10(2)12(4)15(16)14-8-6-5-7-13(14)11(9)3/h5-8H,1-4H3. The molecule has 0 amide bonds. The first-order valence-corrected chi connectivity index (χ1v) is 5.53. The lowest BCUT2D eigenvalue weighted by Gasteiger charge is -2.00. The zero-order chi connectivity index (χ0) is 11.9. The second-order valence-corrected chi connectivity index (χ2v) is 4.37. The third-order valence-corrected chi connectivity index (χ3v) is 3.60. The molecule has 0 spiro atoms. The molecule has 1 nitrogen and oxygen atoms in total. The quantitative estimate of drug-likeness (QED) is 0.654. The van der Waals surface area contributed by atoms with Gasteiger partial charge in [-0.2, -0.15) is 0 Å². The van der Waals surface area contributed by atoms with Gasteiger partial charge in [0.25, 0.3) is 0 Å². The van der Waals surface area contributed by atoms with E-state index in [0.29, 0.717) is 0 Å². The fourth-order valence-corrected chi connectivity index (χ4v) is 2.14. The Hall–Kier alpha value is -1.63. The Kier molecular flexibility index (Phi) is 2.55. The van der Waals surface area contributed by atoms with E-state index < -0.39 is 0 Å². The number of hydrogen-bond donors (Lipinski definition) is 0. The van der Waals surface area contributed by atoms with Crippen LogP contribution >= 0.6 is 0 Å². The second-order valence-electron chi connectivity index (χ2n) is 4.37. The van der Waals surface area contributed by atoms with Crippen LogP contribution in [0.2, 0.25) is 0 Å². The van der Waals surface area contributed by atoms with E-state index in [1.165, 1.54) is 11.1 Å². The van der Waals surface area contributed by atoms with Crippen molar-refractivity contribution in [2.75, 3.05) is 0 Å². The molecule has 0 aliphatic heterocycles. The van der Waals surface area contributed by atoms with E-state index in [1.807, 2.05) is 38.1 Å². The minimum absolute atomic E-state index is 0.157. The first-order valence-electron chi connectivity index (χ1n) is 5.53. The van der Waals surface area contributed by atoms with Gasteiger partial charge in [-0.3, -0.25) is 4.79 Å². The van der Waals surface area contributed by atoms with Gasteiger partial charge in [0.1, 0.15) is 0 Å². The summed E-state index contributed by atoms with van der Waals surface area (Å²) in [6, 6.07) is 7.85. The lowest BCUT2D eigenvalue weighted by atomic mass is 10.0. The summed E-state index contributed by atoms with van der Waals surface area (Å²) < 4.78 is 0. The monoisotopic (exact) mass is 212 g/mol. The number of rotatable bonds is 0. The zero-order valence-corrected chi connectivity index (χ0v) is 10.2. The normalized spacial score (nSPS) is 10.8. The van der Waals surface area contributed by atoms with Crippen LogP contribution in [0.25, 0.3) is 10.8 Å². The molecule has 0 N–H and O–H groups in total. The lowest BCUT2D eigenvalue weighted by molar-refractivity contribution is 1.25. The van der Waals surface area contributed by atoms with Crippen molar-refractivity contribution in [2.24, 2.45) is 0 Å². The molecule has 16 heavy (non-hydrogen) atoms. The molecule has 0 saturated carbocycles. The highest BCUT2D eigenvalue weighted by atomic mass is 16.1. The van der Waals surface area contributed by atoms with Crippen LogP contribution in [0.1, 0.15) is 22.3 Å². The molecule has 0 aliphatic carbocycles. The lowest BCUT2D eigenvalue weighted by Crippen LogP contribution is -2.03. The molecule has 2 aromatic rings. The first kappa shape index (κ1) is 10.9. The van der Waals surface area contributed by atoms with Gasteiger partial charge in [0.2, 0.25) is 0 Å². The topological polar surface area (TPSA) is 17.1 Å². The molecule has 82 valence electrons. The largest absolute Gasteiger partial charge is 0.289 e. The summed E-state index contributed by atoms with van der Waals surface area (Å²) in [7, 11) is 0. The number of benzene rings is 1. The average Bonchev–Trinajstić information content (AvgIpc) is 2.38. The molecule has 0 fully saturated rings. The van der Waals surface area contributed by atoms with Crippen molar-refractivity contribution in [3.05, 3.63) is 56.7 Å². The maximum Gasteiger partial charge on any atom is 0.189 e. The van der Waals surface area contributed by atoms with Crippen LogP contribution in [0, 0.1) is 27.7 Å². The van der Waals surface area contributed by atoms with Gasteiger partial charge in [-0.1, -0.05) is 24.3 Å². The Morgan fingerprint density at radius 1 is 0.688 bits per heavy atom. The minimum Gasteiger partial charge on any atom is -0.289 e. The SMILES string of the molecule is Cc1c(C)c(C)c2ccccc2c(=O)c1C. The van der Waals surface area contributed by atoms with E-state index >= 15 is 0 Å². The van der Waals surface area contributed by atoms with Crippen LogP contribution in [0.4, 0.5) is 0 Å². The minimum atomic E-state index is 0.157. The molecule has 0 aromatic heterocycles. The van der Waals surface area contributed by atoms with E-state index in [0.717, 1.165) is 21.9 Å². The van der Waals surface area contributed by atoms with Gasteiger partial charge in [0.05, 0.1) is 0 Å². The smallest absolute Gasteiger partial charge is 0.189 e. The highest BCUT2D eigenvalue weighted by molar-refractivity contribution is 5.86. The Balaban J connectivity index is 3.21. The highest BCUT2D eigenvalue weighted by Gasteiger charge is 2.08. The molecule has 0 radical (unpaired) electrons. The molecule has 0 atom stereocenters. The fourth-order valence-electron chi connectivity index (χ4n) is 2.14. The van der Waals surface area contributed by atoms with Crippen LogP contribution in [-0.2, 0) is 0 Å². The molecular formula is C15H16O. The summed E-state index contributed by atoms with van der Waals surface area (Å²) in [6.45, 7) is 8.11. The van der Waals surface area contributed by atoms with E-state index in [2.05, 4.69) is 13.8 Å². The predicted octanol–water partition coefficient (Wildman–Crippen LogP) is 3.43. The summed E-state index contributed by atoms with van der Waals surface area (Å²) in [6.07, 6.45) is 0. The zero-order valence-electron chi connectivity index (χ0n) is 10.2. The van der Waals surface area contributed by atoms with Gasteiger partial charge in [-0.05, 0) is 49.8 Å². The van der Waals surface area contributed by atoms with Gasteiger partial charge >= 0.3 is 0 Å². The molecule has 0 heterocycles. The molecule has 0 unspecified atom stereocenters. The molecular weight excluding hydrogens is 196 g/mol. The average molecular weight is 212 g/mol. The summed E-state index contributed by atoms with van der Waals surface area (Å²) >= 11 is 0. The number of hydrogen-bond acceptors (Lipinski definition) is 1. The summed E-state index contributed by atoms with van der Waals surface area (Å²) in [4.78, 5) is 12.3. The number of fused-ring (bicyclic) bond motifs is 1. The molecule has 1 heteroatoms. The first-order chi connectivity index (χ1) is 7.54. The van der Waals surface area contributed by atoms with Crippen LogP contribution in [0.15, 0.2) is 29.1 Å². The van der Waals surface area contributed by atoms with Crippen LogP contribution in [-0.4, -0.2) is 0 Å². The van der Waals surface area contributed by atoms with Gasteiger partial charge < -0.3 is 0 Å². The van der Waals surface area contributed by atoms with Gasteiger partial charge in [0.15, 0.2) is 5.43 Å². The van der Waals surface area contributed by atoms with Crippen LogP contribution in [0.3, 0.4) is 0 Å². The van der Waals surface area contributed by atoms with Crippen LogP contribution < -0.4 is 5.43 Å². The number of aryl methyl sites for hydroxylation is 1. The second kappa shape index (κ2) is 3.75. The molecule has 0 saturated heterocycles. The third kappa shape index (κ3) is 1.44. The maximum absolute atomic E-state index is 12.3. The van der Waals surface area contributed by atoms with E-state index in [9.17, 15) is 4.79 Å². The van der Waals surface area contributed by atoms with Gasteiger partial charge in [0, 0.05) is 10.9 Å². The van der Waals surface area contributed by atoms with E-state index in [-0.39, 0.29) is 5.43 Å². The Bertz CT molecular complexity index is 624. The van der Waals surface area contributed by atoms with E-state index in [1.54, 1.807) is 0 Å². The van der Waals surface area contributed by atoms with Crippen molar-refractivity contribution in [3.8, 4) is 0 Å². The molecule has 2 aromatic carbocycles. The van der Waals surface area contributed by atoms with Gasteiger partial charge in [-0.15, -0.1) is 0 Å². The van der Waals surface area contributed by atoms with Crippen molar-refractivity contribution in [1.82, 2.24) is 0 Å². The Labute approximate surface area is 95.7 Å². The van der Waals surface area contributed by atoms with Crippen molar-refractivity contribution < 1.29 is 0 Å².